The van der Waals surface area contributed by atoms with E-state index < -0.39 is 12.1 Å². The normalized spacial score (nSPS) is 13.9. The van der Waals surface area contributed by atoms with E-state index in [9.17, 15) is 9.90 Å². The summed E-state index contributed by atoms with van der Waals surface area (Å²) in [6.45, 7) is 2.19. The maximum atomic E-state index is 10.4. The van der Waals surface area contributed by atoms with Gasteiger partial charge in [-0.05, 0) is 24.6 Å². The van der Waals surface area contributed by atoms with Crippen LogP contribution in [0.3, 0.4) is 0 Å². The largest absolute Gasteiger partial charge is 0.497 e. The standard InChI is InChI=1S/C13H19NO4/c1-9(14-8-11(15)7-13(16)17)10-4-3-5-12(6-10)18-2/h3-6,9,11,14-15H,7-8H2,1-2H3,(H,16,17)/t9-,11?/m1/s1. The number of carboxylic acid groups (broad SMARTS) is 1. The Morgan fingerprint density at radius 3 is 2.83 bits per heavy atom. The van der Waals surface area contributed by atoms with Gasteiger partial charge in [-0.2, -0.15) is 0 Å². The van der Waals surface area contributed by atoms with Crippen molar-refractivity contribution in [2.45, 2.75) is 25.5 Å². The number of carbonyl (C=O) groups is 1. The van der Waals surface area contributed by atoms with Gasteiger partial charge < -0.3 is 20.3 Å². The summed E-state index contributed by atoms with van der Waals surface area (Å²) in [4.78, 5) is 10.4. The zero-order valence-corrected chi connectivity index (χ0v) is 10.6. The van der Waals surface area contributed by atoms with Gasteiger partial charge in [-0.3, -0.25) is 4.79 Å². The van der Waals surface area contributed by atoms with Crippen molar-refractivity contribution in [2.24, 2.45) is 0 Å². The van der Waals surface area contributed by atoms with Crippen LogP contribution in [0, 0.1) is 0 Å². The van der Waals surface area contributed by atoms with Crippen molar-refractivity contribution in [1.82, 2.24) is 5.32 Å². The highest BCUT2D eigenvalue weighted by Crippen LogP contribution is 2.18. The van der Waals surface area contributed by atoms with E-state index >= 15 is 0 Å². The summed E-state index contributed by atoms with van der Waals surface area (Å²) >= 11 is 0. The number of aliphatic hydroxyl groups is 1. The van der Waals surface area contributed by atoms with Gasteiger partial charge in [0.15, 0.2) is 0 Å². The van der Waals surface area contributed by atoms with Crippen LogP contribution < -0.4 is 10.1 Å². The van der Waals surface area contributed by atoms with Gasteiger partial charge >= 0.3 is 5.97 Å². The topological polar surface area (TPSA) is 78.8 Å². The first-order valence-corrected chi connectivity index (χ1v) is 5.80. The van der Waals surface area contributed by atoms with Crippen LogP contribution in [0.1, 0.15) is 24.9 Å². The summed E-state index contributed by atoms with van der Waals surface area (Å²) < 4.78 is 5.13. The smallest absolute Gasteiger partial charge is 0.306 e. The Labute approximate surface area is 106 Å². The highest BCUT2D eigenvalue weighted by molar-refractivity contribution is 5.67. The van der Waals surface area contributed by atoms with E-state index in [1.54, 1.807) is 7.11 Å². The molecule has 0 fully saturated rings. The summed E-state index contributed by atoms with van der Waals surface area (Å²) in [6.07, 6.45) is -1.13. The molecule has 18 heavy (non-hydrogen) atoms. The molecule has 5 heteroatoms. The van der Waals surface area contributed by atoms with Crippen LogP contribution >= 0.6 is 0 Å². The zero-order valence-electron chi connectivity index (χ0n) is 10.6. The Bertz CT molecular complexity index is 394. The monoisotopic (exact) mass is 253 g/mol. The lowest BCUT2D eigenvalue weighted by atomic mass is 10.1. The van der Waals surface area contributed by atoms with Crippen molar-refractivity contribution in [3.05, 3.63) is 29.8 Å². The van der Waals surface area contributed by atoms with Crippen molar-refractivity contribution in [1.29, 1.82) is 0 Å². The lowest BCUT2D eigenvalue weighted by molar-refractivity contribution is -0.139. The second kappa shape index (κ2) is 6.98. The van der Waals surface area contributed by atoms with Gasteiger partial charge in [0, 0.05) is 12.6 Å². The molecule has 1 rings (SSSR count). The molecule has 0 saturated carbocycles. The number of aliphatic carboxylic acids is 1. The summed E-state index contributed by atoms with van der Waals surface area (Å²) in [5, 5.41) is 21.1. The molecule has 0 amide bonds. The molecule has 1 aromatic carbocycles. The Balaban J connectivity index is 2.49. The minimum Gasteiger partial charge on any atom is -0.497 e. The average Bonchev–Trinajstić information content (AvgIpc) is 2.35. The maximum Gasteiger partial charge on any atom is 0.306 e. The number of hydrogen-bond acceptors (Lipinski definition) is 4. The summed E-state index contributed by atoms with van der Waals surface area (Å²) in [7, 11) is 1.60. The minimum atomic E-state index is -1.00. The van der Waals surface area contributed by atoms with Crippen molar-refractivity contribution >= 4 is 5.97 Å². The highest BCUT2D eigenvalue weighted by Gasteiger charge is 2.12. The van der Waals surface area contributed by atoms with E-state index in [1.807, 2.05) is 31.2 Å². The second-order valence-electron chi connectivity index (χ2n) is 4.16. The quantitative estimate of drug-likeness (QED) is 0.680. The van der Waals surface area contributed by atoms with Crippen LogP contribution in [-0.4, -0.2) is 35.9 Å². The van der Waals surface area contributed by atoms with E-state index in [0.29, 0.717) is 0 Å². The molecule has 0 saturated heterocycles. The van der Waals surface area contributed by atoms with Crippen LogP contribution in [-0.2, 0) is 4.79 Å². The van der Waals surface area contributed by atoms with Crippen molar-refractivity contribution in [2.75, 3.05) is 13.7 Å². The van der Waals surface area contributed by atoms with E-state index in [-0.39, 0.29) is 19.0 Å². The first kappa shape index (κ1) is 14.5. The Kier molecular flexibility index (Phi) is 5.61. The molecule has 0 radical (unpaired) electrons. The molecule has 0 aliphatic carbocycles. The molecule has 0 aliphatic heterocycles. The van der Waals surface area contributed by atoms with Gasteiger partial charge in [0.2, 0.25) is 0 Å². The molecule has 0 aliphatic rings. The molecule has 2 atom stereocenters. The molecule has 1 aromatic rings. The molecule has 1 unspecified atom stereocenters. The third kappa shape index (κ3) is 4.73. The second-order valence-corrected chi connectivity index (χ2v) is 4.16. The maximum absolute atomic E-state index is 10.4. The van der Waals surface area contributed by atoms with Crippen molar-refractivity contribution < 1.29 is 19.7 Å². The Morgan fingerprint density at radius 2 is 2.22 bits per heavy atom. The molecule has 100 valence electrons. The molecular formula is C13H19NO4. The fourth-order valence-corrected chi connectivity index (χ4v) is 1.62. The number of hydrogen-bond donors (Lipinski definition) is 3. The first-order valence-electron chi connectivity index (χ1n) is 5.80. The molecule has 0 heterocycles. The van der Waals surface area contributed by atoms with E-state index in [0.717, 1.165) is 11.3 Å². The van der Waals surface area contributed by atoms with Crippen LogP contribution in [0.25, 0.3) is 0 Å². The number of rotatable bonds is 7. The molecular weight excluding hydrogens is 234 g/mol. The van der Waals surface area contributed by atoms with E-state index in [1.165, 1.54) is 0 Å². The fraction of sp³-hybridized carbons (Fsp3) is 0.462. The van der Waals surface area contributed by atoms with Gasteiger partial charge in [-0.25, -0.2) is 0 Å². The van der Waals surface area contributed by atoms with Crippen LogP contribution in [0.5, 0.6) is 5.75 Å². The average molecular weight is 253 g/mol. The third-order valence-electron chi connectivity index (χ3n) is 2.66. The molecule has 5 nitrogen and oxygen atoms in total. The number of methoxy groups -OCH3 is 1. The Hall–Kier alpha value is -1.59. The van der Waals surface area contributed by atoms with Gasteiger partial charge in [-0.1, -0.05) is 12.1 Å². The van der Waals surface area contributed by atoms with E-state index in [2.05, 4.69) is 5.32 Å². The number of carboxylic acids is 1. The van der Waals surface area contributed by atoms with Crippen LogP contribution in [0.2, 0.25) is 0 Å². The lowest BCUT2D eigenvalue weighted by Crippen LogP contribution is -2.30. The van der Waals surface area contributed by atoms with Gasteiger partial charge in [0.05, 0.1) is 19.6 Å². The van der Waals surface area contributed by atoms with Crippen molar-refractivity contribution in [3.63, 3.8) is 0 Å². The molecule has 0 aromatic heterocycles. The van der Waals surface area contributed by atoms with Crippen molar-refractivity contribution in [3.8, 4) is 5.75 Å². The predicted octanol–water partition coefficient (Wildman–Crippen LogP) is 1.18. The lowest BCUT2D eigenvalue weighted by Gasteiger charge is -2.17. The molecule has 3 N–H and O–H groups in total. The number of aliphatic hydroxyl groups excluding tert-OH is 1. The van der Waals surface area contributed by atoms with Crippen LogP contribution in [0.4, 0.5) is 0 Å². The van der Waals surface area contributed by atoms with Gasteiger partial charge in [0.1, 0.15) is 5.75 Å². The summed E-state index contributed by atoms with van der Waals surface area (Å²) in [5.41, 5.74) is 1.02. The summed E-state index contributed by atoms with van der Waals surface area (Å²) in [6, 6.07) is 7.61. The summed E-state index contributed by atoms with van der Waals surface area (Å²) in [5.74, 6) is -0.231. The van der Waals surface area contributed by atoms with Crippen LogP contribution in [0.15, 0.2) is 24.3 Å². The number of nitrogens with one attached hydrogen (secondary N) is 1. The van der Waals surface area contributed by atoms with E-state index in [4.69, 9.17) is 9.84 Å². The third-order valence-corrected chi connectivity index (χ3v) is 2.66. The first-order chi connectivity index (χ1) is 8.52. The molecule has 0 spiro atoms. The number of ether oxygens (including phenoxy) is 1. The predicted molar refractivity (Wildman–Crippen MR) is 67.7 cm³/mol. The SMILES string of the molecule is COc1cccc([C@@H](C)NCC(O)CC(=O)O)c1. The Morgan fingerprint density at radius 1 is 1.50 bits per heavy atom. The van der Waals surface area contributed by atoms with Gasteiger partial charge in [0.25, 0.3) is 0 Å². The van der Waals surface area contributed by atoms with Gasteiger partial charge in [-0.15, -0.1) is 0 Å². The fourth-order valence-electron chi connectivity index (χ4n) is 1.62. The minimum absolute atomic E-state index is 0.0172. The zero-order chi connectivity index (χ0) is 13.5. The highest BCUT2D eigenvalue weighted by atomic mass is 16.5. The molecule has 0 bridgehead atoms. The number of benzene rings is 1.